The second kappa shape index (κ2) is 6.35. The van der Waals surface area contributed by atoms with Crippen LogP contribution in [0.2, 0.25) is 10.0 Å². The molecular formula is C19H12Cl2O. The van der Waals surface area contributed by atoms with Crippen molar-refractivity contribution < 1.29 is 4.79 Å². The minimum Gasteiger partial charge on any atom is -0.289 e. The van der Waals surface area contributed by atoms with Crippen molar-refractivity contribution in [3.8, 4) is 0 Å². The number of rotatable bonds is 3. The smallest absolute Gasteiger partial charge is 0.185 e. The van der Waals surface area contributed by atoms with Crippen molar-refractivity contribution in [2.75, 3.05) is 0 Å². The van der Waals surface area contributed by atoms with E-state index < -0.39 is 0 Å². The number of ketones is 1. The van der Waals surface area contributed by atoms with Crippen LogP contribution in [-0.2, 0) is 0 Å². The quantitative estimate of drug-likeness (QED) is 0.423. The summed E-state index contributed by atoms with van der Waals surface area (Å²) < 4.78 is 0. The van der Waals surface area contributed by atoms with Crippen LogP contribution in [0.4, 0.5) is 0 Å². The van der Waals surface area contributed by atoms with Crippen molar-refractivity contribution in [2.45, 2.75) is 0 Å². The molecule has 0 aliphatic rings. The van der Waals surface area contributed by atoms with Gasteiger partial charge in [-0.15, -0.1) is 0 Å². The molecule has 0 saturated heterocycles. The Morgan fingerprint density at radius 3 is 2.23 bits per heavy atom. The molecule has 3 aromatic rings. The highest BCUT2D eigenvalue weighted by molar-refractivity contribution is 6.34. The Morgan fingerprint density at radius 2 is 1.50 bits per heavy atom. The van der Waals surface area contributed by atoms with Crippen LogP contribution in [0.15, 0.2) is 66.7 Å². The Kier molecular flexibility index (Phi) is 4.28. The maximum Gasteiger partial charge on any atom is 0.185 e. The highest BCUT2D eigenvalue weighted by atomic mass is 35.5. The van der Waals surface area contributed by atoms with Crippen molar-refractivity contribution in [1.82, 2.24) is 0 Å². The maximum atomic E-state index is 12.3. The molecular weight excluding hydrogens is 315 g/mol. The van der Waals surface area contributed by atoms with Crippen LogP contribution < -0.4 is 0 Å². The summed E-state index contributed by atoms with van der Waals surface area (Å²) in [6.07, 6.45) is 3.25. The summed E-state index contributed by atoms with van der Waals surface area (Å²) in [4.78, 5) is 12.3. The van der Waals surface area contributed by atoms with E-state index in [-0.39, 0.29) is 5.78 Å². The van der Waals surface area contributed by atoms with E-state index in [1.165, 1.54) is 6.08 Å². The fourth-order valence-corrected chi connectivity index (χ4v) is 2.83. The van der Waals surface area contributed by atoms with Crippen LogP contribution in [0.1, 0.15) is 15.9 Å². The second-order valence-electron chi connectivity index (χ2n) is 4.96. The Hall–Kier alpha value is -2.09. The Morgan fingerprint density at radius 1 is 0.818 bits per heavy atom. The summed E-state index contributed by atoms with van der Waals surface area (Å²) in [5.41, 5.74) is 1.45. The standard InChI is InChI=1S/C19H12Cl2O/c20-17-9-13(10-18(21)12-17)5-8-19(22)16-7-6-14-3-1-2-4-15(14)11-16/h1-12H/b8-5+. The van der Waals surface area contributed by atoms with Crippen molar-refractivity contribution in [1.29, 1.82) is 0 Å². The van der Waals surface area contributed by atoms with Gasteiger partial charge >= 0.3 is 0 Å². The molecule has 3 rings (SSSR count). The summed E-state index contributed by atoms with van der Waals surface area (Å²) in [5.74, 6) is -0.0538. The summed E-state index contributed by atoms with van der Waals surface area (Å²) in [6, 6.07) is 18.8. The third kappa shape index (κ3) is 3.38. The van der Waals surface area contributed by atoms with Crippen LogP contribution in [0, 0.1) is 0 Å². The van der Waals surface area contributed by atoms with Crippen molar-refractivity contribution in [2.24, 2.45) is 0 Å². The zero-order chi connectivity index (χ0) is 15.5. The first-order valence-corrected chi connectivity index (χ1v) is 7.55. The van der Waals surface area contributed by atoms with Gasteiger partial charge in [0, 0.05) is 15.6 Å². The molecule has 3 heteroatoms. The number of halogens is 2. The van der Waals surface area contributed by atoms with Crippen LogP contribution in [-0.4, -0.2) is 5.78 Å². The molecule has 22 heavy (non-hydrogen) atoms. The molecule has 0 spiro atoms. The van der Waals surface area contributed by atoms with Crippen LogP contribution >= 0.6 is 23.2 Å². The SMILES string of the molecule is O=C(/C=C/c1cc(Cl)cc(Cl)c1)c1ccc2ccccc2c1. The minimum absolute atomic E-state index is 0.0538. The Bertz CT molecular complexity index is 861. The number of benzene rings is 3. The fraction of sp³-hybridized carbons (Fsp3) is 0. The molecule has 0 fully saturated rings. The average molecular weight is 327 g/mol. The largest absolute Gasteiger partial charge is 0.289 e. The van der Waals surface area contributed by atoms with Crippen molar-refractivity contribution in [3.05, 3.63) is 87.9 Å². The van der Waals surface area contributed by atoms with Crippen molar-refractivity contribution in [3.63, 3.8) is 0 Å². The van der Waals surface area contributed by atoms with Crippen LogP contribution in [0.3, 0.4) is 0 Å². The van der Waals surface area contributed by atoms with Gasteiger partial charge in [0.05, 0.1) is 0 Å². The molecule has 0 radical (unpaired) electrons. The molecule has 108 valence electrons. The van der Waals surface area contributed by atoms with E-state index in [1.54, 1.807) is 24.3 Å². The summed E-state index contributed by atoms with van der Waals surface area (Å²) in [7, 11) is 0. The number of allylic oxidation sites excluding steroid dienone is 1. The third-order valence-electron chi connectivity index (χ3n) is 3.35. The normalized spacial score (nSPS) is 11.2. The van der Waals surface area contributed by atoms with Gasteiger partial charge in [-0.1, -0.05) is 65.7 Å². The zero-order valence-electron chi connectivity index (χ0n) is 11.6. The first-order chi connectivity index (χ1) is 10.6. The first-order valence-electron chi connectivity index (χ1n) is 6.79. The van der Waals surface area contributed by atoms with Gasteiger partial charge in [-0.25, -0.2) is 0 Å². The van der Waals surface area contributed by atoms with E-state index in [1.807, 2.05) is 42.5 Å². The van der Waals surface area contributed by atoms with E-state index in [2.05, 4.69) is 0 Å². The molecule has 0 unspecified atom stereocenters. The minimum atomic E-state index is -0.0538. The first kappa shape index (κ1) is 14.8. The van der Waals surface area contributed by atoms with E-state index in [0.29, 0.717) is 15.6 Å². The number of carbonyl (C=O) groups excluding carboxylic acids is 1. The molecule has 0 aliphatic heterocycles. The van der Waals surface area contributed by atoms with Crippen molar-refractivity contribution >= 4 is 45.8 Å². The van der Waals surface area contributed by atoms with E-state index >= 15 is 0 Å². The van der Waals surface area contributed by atoms with Gasteiger partial charge in [0.25, 0.3) is 0 Å². The fourth-order valence-electron chi connectivity index (χ4n) is 2.28. The van der Waals surface area contributed by atoms with Crippen LogP contribution in [0.25, 0.3) is 16.8 Å². The Balaban J connectivity index is 1.87. The lowest BCUT2D eigenvalue weighted by Gasteiger charge is -2.01. The van der Waals surface area contributed by atoms with Gasteiger partial charge in [-0.2, -0.15) is 0 Å². The molecule has 0 aromatic heterocycles. The molecule has 0 aliphatic carbocycles. The van der Waals surface area contributed by atoms with E-state index in [4.69, 9.17) is 23.2 Å². The highest BCUT2D eigenvalue weighted by Crippen LogP contribution is 2.20. The summed E-state index contributed by atoms with van der Waals surface area (Å²) in [5, 5.41) is 3.26. The van der Waals surface area contributed by atoms with Gasteiger partial charge in [-0.05, 0) is 46.7 Å². The van der Waals surface area contributed by atoms with Gasteiger partial charge in [-0.3, -0.25) is 4.79 Å². The molecule has 0 bridgehead atoms. The third-order valence-corrected chi connectivity index (χ3v) is 3.78. The number of fused-ring (bicyclic) bond motifs is 1. The predicted molar refractivity (Wildman–Crippen MR) is 93.8 cm³/mol. The second-order valence-corrected chi connectivity index (χ2v) is 5.84. The average Bonchev–Trinajstić information content (AvgIpc) is 2.51. The monoisotopic (exact) mass is 326 g/mol. The summed E-state index contributed by atoms with van der Waals surface area (Å²) >= 11 is 11.9. The van der Waals surface area contributed by atoms with E-state index in [0.717, 1.165) is 16.3 Å². The lowest BCUT2D eigenvalue weighted by molar-refractivity contribution is 0.104. The molecule has 0 saturated carbocycles. The number of carbonyl (C=O) groups is 1. The molecule has 3 aromatic carbocycles. The van der Waals surface area contributed by atoms with Gasteiger partial charge < -0.3 is 0 Å². The topological polar surface area (TPSA) is 17.1 Å². The molecule has 0 amide bonds. The zero-order valence-corrected chi connectivity index (χ0v) is 13.1. The molecule has 0 heterocycles. The summed E-state index contributed by atoms with van der Waals surface area (Å²) in [6.45, 7) is 0. The molecule has 0 atom stereocenters. The number of hydrogen-bond donors (Lipinski definition) is 0. The molecule has 0 N–H and O–H groups in total. The van der Waals surface area contributed by atoms with Gasteiger partial charge in [0.1, 0.15) is 0 Å². The molecule has 1 nitrogen and oxygen atoms in total. The number of hydrogen-bond acceptors (Lipinski definition) is 1. The lowest BCUT2D eigenvalue weighted by atomic mass is 10.0. The van der Waals surface area contributed by atoms with E-state index in [9.17, 15) is 4.79 Å². The lowest BCUT2D eigenvalue weighted by Crippen LogP contribution is -1.93. The maximum absolute atomic E-state index is 12.3. The Labute approximate surface area is 138 Å². The van der Waals surface area contributed by atoms with Gasteiger partial charge in [0.2, 0.25) is 0 Å². The predicted octanol–water partition coefficient (Wildman–Crippen LogP) is 6.04. The highest BCUT2D eigenvalue weighted by Gasteiger charge is 2.03. The van der Waals surface area contributed by atoms with Gasteiger partial charge in [0.15, 0.2) is 5.78 Å². The van der Waals surface area contributed by atoms with Crippen LogP contribution in [0.5, 0.6) is 0 Å².